The zero-order chi connectivity index (χ0) is 14.5. The SMILES string of the molecule is C=c1ncnc(N)/c1=C/[C](=[V])c1ccc(/C=C/OC)o1. The van der Waals surface area contributed by atoms with Crippen LogP contribution in [0.5, 0.6) is 0 Å². The summed E-state index contributed by atoms with van der Waals surface area (Å²) in [6, 6.07) is 3.71. The molecule has 2 aromatic rings. The van der Waals surface area contributed by atoms with E-state index in [1.807, 2.05) is 18.2 Å². The number of hydrogen-bond donors (Lipinski definition) is 1. The zero-order valence-electron chi connectivity index (χ0n) is 10.9. The molecule has 20 heavy (non-hydrogen) atoms. The summed E-state index contributed by atoms with van der Waals surface area (Å²) < 4.78 is 11.3. The summed E-state index contributed by atoms with van der Waals surface area (Å²) in [6.45, 7) is 3.83. The first-order chi connectivity index (χ1) is 9.61. The quantitative estimate of drug-likeness (QED) is 0.818. The van der Waals surface area contributed by atoms with Crippen LogP contribution in [0.2, 0.25) is 0 Å². The predicted molar refractivity (Wildman–Crippen MR) is 74.5 cm³/mol. The van der Waals surface area contributed by atoms with E-state index >= 15 is 0 Å². The van der Waals surface area contributed by atoms with Gasteiger partial charge in [-0.25, -0.2) is 0 Å². The molecule has 0 saturated carbocycles. The predicted octanol–water partition coefficient (Wildman–Crippen LogP) is 0.227. The standard InChI is InChI=1S/C14H13N3O2.V/c1-10-13(14(15)17-9-16-10)6-5-11-3-4-12(19-11)7-8-18-2;/h3-4,6-9H,1H2,2H3,(H2,15,16,17);/b8-7+,13-6+;. The van der Waals surface area contributed by atoms with Crippen molar-refractivity contribution >= 4 is 28.8 Å². The van der Waals surface area contributed by atoms with E-state index in [2.05, 4.69) is 33.5 Å². The van der Waals surface area contributed by atoms with Crippen LogP contribution in [-0.4, -0.2) is 21.3 Å². The van der Waals surface area contributed by atoms with Crippen LogP contribution >= 0.6 is 0 Å². The van der Waals surface area contributed by atoms with Gasteiger partial charge in [0.25, 0.3) is 0 Å². The van der Waals surface area contributed by atoms with E-state index in [9.17, 15) is 0 Å². The Labute approximate surface area is 125 Å². The van der Waals surface area contributed by atoms with Crippen LogP contribution in [0, 0.1) is 0 Å². The van der Waals surface area contributed by atoms with Gasteiger partial charge < -0.3 is 0 Å². The van der Waals surface area contributed by atoms with Crippen LogP contribution in [0.4, 0.5) is 5.82 Å². The molecule has 0 aliphatic rings. The van der Waals surface area contributed by atoms with Crippen LogP contribution in [-0.2, 0) is 21.7 Å². The Balaban J connectivity index is 2.35. The van der Waals surface area contributed by atoms with E-state index in [0.717, 1.165) is 4.23 Å². The van der Waals surface area contributed by atoms with Crippen molar-refractivity contribution in [3.8, 4) is 0 Å². The van der Waals surface area contributed by atoms with Crippen molar-refractivity contribution in [2.45, 2.75) is 0 Å². The van der Waals surface area contributed by atoms with E-state index in [0.29, 0.717) is 27.9 Å². The second-order valence-corrected chi connectivity index (χ2v) is 4.64. The van der Waals surface area contributed by atoms with Gasteiger partial charge in [0.1, 0.15) is 0 Å². The third-order valence-corrected chi connectivity index (χ3v) is 3.07. The van der Waals surface area contributed by atoms with Gasteiger partial charge in [-0.05, 0) is 0 Å². The van der Waals surface area contributed by atoms with Crippen molar-refractivity contribution in [1.29, 1.82) is 0 Å². The van der Waals surface area contributed by atoms with Crippen molar-refractivity contribution < 1.29 is 26.1 Å². The molecule has 101 valence electrons. The minimum atomic E-state index is 0.389. The van der Waals surface area contributed by atoms with E-state index in [4.69, 9.17) is 14.9 Å². The second kappa shape index (κ2) is 6.37. The number of anilines is 1. The molecule has 0 saturated heterocycles. The molecule has 0 atom stereocenters. The number of methoxy groups -OCH3 is 1. The molecular formula is C14H13N3O2V. The first-order valence-electron chi connectivity index (χ1n) is 5.74. The number of hydrogen-bond acceptors (Lipinski definition) is 5. The molecule has 5 nitrogen and oxygen atoms in total. The molecule has 0 aliphatic carbocycles. The third kappa shape index (κ3) is 3.26. The summed E-state index contributed by atoms with van der Waals surface area (Å²) in [5.74, 6) is 1.80. The van der Waals surface area contributed by atoms with Crippen LogP contribution in [0.15, 0.2) is 29.1 Å². The van der Waals surface area contributed by atoms with E-state index in [1.54, 1.807) is 19.4 Å². The fourth-order valence-corrected chi connectivity index (χ4v) is 1.92. The molecule has 0 amide bonds. The molecule has 6 heteroatoms. The molecule has 0 spiro atoms. The van der Waals surface area contributed by atoms with Crippen LogP contribution < -0.4 is 16.3 Å². The van der Waals surface area contributed by atoms with Crippen molar-refractivity contribution in [2.75, 3.05) is 12.8 Å². The van der Waals surface area contributed by atoms with Gasteiger partial charge in [-0.3, -0.25) is 0 Å². The Hall–Kier alpha value is -2.11. The van der Waals surface area contributed by atoms with Crippen molar-refractivity contribution in [3.05, 3.63) is 46.8 Å². The summed E-state index contributed by atoms with van der Waals surface area (Å²) in [4.78, 5) is 7.97. The Kier molecular flexibility index (Phi) is 4.55. The molecule has 2 aromatic heterocycles. The van der Waals surface area contributed by atoms with Crippen molar-refractivity contribution in [3.63, 3.8) is 0 Å². The second-order valence-electron chi connectivity index (χ2n) is 3.89. The average molecular weight is 306 g/mol. The zero-order valence-corrected chi connectivity index (χ0v) is 12.3. The maximum absolute atomic E-state index is 5.82. The van der Waals surface area contributed by atoms with Gasteiger partial charge in [0.05, 0.1) is 0 Å². The topological polar surface area (TPSA) is 74.2 Å². The monoisotopic (exact) mass is 306 g/mol. The summed E-state index contributed by atoms with van der Waals surface area (Å²) in [7, 11) is 1.58. The number of nitrogen functional groups attached to an aromatic ring is 1. The summed E-state index contributed by atoms with van der Waals surface area (Å²) in [5.41, 5.74) is 5.82. The molecule has 2 N–H and O–H groups in total. The van der Waals surface area contributed by atoms with Crippen molar-refractivity contribution in [2.24, 2.45) is 0 Å². The van der Waals surface area contributed by atoms with Gasteiger partial charge in [-0.2, -0.15) is 0 Å². The minimum absolute atomic E-state index is 0.389. The Morgan fingerprint density at radius 1 is 1.45 bits per heavy atom. The molecule has 0 aromatic carbocycles. The number of furan rings is 1. The number of rotatable bonds is 4. The molecule has 0 radical (unpaired) electrons. The third-order valence-electron chi connectivity index (χ3n) is 2.53. The van der Waals surface area contributed by atoms with E-state index in [-0.39, 0.29) is 0 Å². The number of aromatic nitrogens is 2. The first-order valence-corrected chi connectivity index (χ1v) is 6.44. The first kappa shape index (κ1) is 14.3. The molecule has 0 unspecified atom stereocenters. The van der Waals surface area contributed by atoms with E-state index in [1.165, 1.54) is 6.33 Å². The van der Waals surface area contributed by atoms with Crippen LogP contribution in [0.1, 0.15) is 11.5 Å². The van der Waals surface area contributed by atoms with Gasteiger partial charge in [0, 0.05) is 0 Å². The van der Waals surface area contributed by atoms with Gasteiger partial charge in [-0.1, -0.05) is 0 Å². The fraction of sp³-hybridized carbons (Fsp3) is 0.0714. The normalized spacial score (nSPS) is 11.9. The van der Waals surface area contributed by atoms with E-state index < -0.39 is 0 Å². The summed E-state index contributed by atoms with van der Waals surface area (Å²) in [5, 5.41) is 1.26. The van der Waals surface area contributed by atoms with Gasteiger partial charge in [0.2, 0.25) is 0 Å². The number of ether oxygens (including phenoxy) is 1. The van der Waals surface area contributed by atoms with Crippen LogP contribution in [0.25, 0.3) is 18.7 Å². The van der Waals surface area contributed by atoms with Crippen molar-refractivity contribution in [1.82, 2.24) is 9.97 Å². The van der Waals surface area contributed by atoms with Crippen LogP contribution in [0.3, 0.4) is 0 Å². The summed E-state index contributed by atoms with van der Waals surface area (Å²) >= 11 is 2.43. The average Bonchev–Trinajstić information content (AvgIpc) is 2.89. The molecule has 0 bridgehead atoms. The van der Waals surface area contributed by atoms with Gasteiger partial charge >= 0.3 is 125 Å². The fourth-order valence-electron chi connectivity index (χ4n) is 1.53. The van der Waals surface area contributed by atoms with Gasteiger partial charge in [-0.15, -0.1) is 0 Å². The molecule has 0 aliphatic heterocycles. The molecule has 0 fully saturated rings. The Bertz CT molecular complexity index is 765. The Morgan fingerprint density at radius 3 is 2.95 bits per heavy atom. The molecule has 2 heterocycles. The summed E-state index contributed by atoms with van der Waals surface area (Å²) in [6.07, 6.45) is 6.50. The maximum atomic E-state index is 5.82. The Morgan fingerprint density at radius 2 is 2.25 bits per heavy atom. The molecule has 2 rings (SSSR count). The number of nitrogens with zero attached hydrogens (tertiary/aromatic N) is 2. The molecular weight excluding hydrogens is 293 g/mol. The van der Waals surface area contributed by atoms with Gasteiger partial charge in [0.15, 0.2) is 0 Å². The number of nitrogens with two attached hydrogens (primary N) is 1.